The topological polar surface area (TPSA) is 47.6 Å². The predicted molar refractivity (Wildman–Crippen MR) is 32.5 cm³/mol. The van der Waals surface area contributed by atoms with Gasteiger partial charge in [0.15, 0.2) is 0 Å². The number of hydrogen-bond donors (Lipinski definition) is 1. The first-order chi connectivity index (χ1) is 4.86. The Morgan fingerprint density at radius 1 is 1.50 bits per heavy atom. The van der Waals surface area contributed by atoms with E-state index in [2.05, 4.69) is 5.32 Å². The highest BCUT2D eigenvalue weighted by Crippen LogP contribution is 2.12. The van der Waals surface area contributed by atoms with Gasteiger partial charge < -0.3 is 14.8 Å². The van der Waals surface area contributed by atoms with Crippen molar-refractivity contribution in [2.24, 2.45) is 0 Å². The summed E-state index contributed by atoms with van der Waals surface area (Å²) in [5.74, 6) is -0.0354. The third-order valence-electron chi connectivity index (χ3n) is 1.80. The van der Waals surface area contributed by atoms with E-state index in [1.54, 1.807) is 0 Å². The van der Waals surface area contributed by atoms with Gasteiger partial charge in [-0.1, -0.05) is 0 Å². The third-order valence-corrected chi connectivity index (χ3v) is 1.80. The highest BCUT2D eigenvalue weighted by Gasteiger charge is 2.34. The molecule has 0 aliphatic carbocycles. The van der Waals surface area contributed by atoms with Crippen LogP contribution in [0.15, 0.2) is 0 Å². The minimum Gasteiger partial charge on any atom is -0.376 e. The maximum Gasteiger partial charge on any atom is 0.246 e. The molecule has 0 aromatic carbocycles. The van der Waals surface area contributed by atoms with Crippen LogP contribution in [0, 0.1) is 0 Å². The van der Waals surface area contributed by atoms with Crippen LogP contribution in [0.5, 0.6) is 0 Å². The number of fused-ring (bicyclic) bond motifs is 1. The van der Waals surface area contributed by atoms with Crippen LogP contribution in [-0.4, -0.2) is 37.9 Å². The quantitative estimate of drug-likeness (QED) is 0.468. The highest BCUT2D eigenvalue weighted by molar-refractivity contribution is 5.78. The molecule has 0 bridgehead atoms. The van der Waals surface area contributed by atoms with Crippen molar-refractivity contribution >= 4 is 5.91 Å². The summed E-state index contributed by atoms with van der Waals surface area (Å²) in [6.45, 7) is 1.39. The number of carbonyl (C=O) groups excluding carboxylic acids is 1. The Balaban J connectivity index is 2.03. The van der Waals surface area contributed by atoms with Crippen LogP contribution < -0.4 is 5.32 Å². The molecule has 1 amide bonds. The Kier molecular flexibility index (Phi) is 1.35. The monoisotopic (exact) mass is 143 g/mol. The van der Waals surface area contributed by atoms with Crippen molar-refractivity contribution in [3.63, 3.8) is 0 Å². The van der Waals surface area contributed by atoms with Crippen LogP contribution in [0.2, 0.25) is 0 Å². The molecule has 56 valence electrons. The summed E-state index contributed by atoms with van der Waals surface area (Å²) in [6, 6.07) is 0.0984. The molecule has 2 fully saturated rings. The molecule has 1 N–H and O–H groups in total. The van der Waals surface area contributed by atoms with E-state index in [0.717, 1.165) is 0 Å². The molecule has 2 rings (SSSR count). The molecule has 4 heteroatoms. The summed E-state index contributed by atoms with van der Waals surface area (Å²) in [6.07, 6.45) is 0.0951. The average molecular weight is 143 g/mol. The van der Waals surface area contributed by atoms with Crippen LogP contribution >= 0.6 is 0 Å². The molecule has 2 saturated heterocycles. The van der Waals surface area contributed by atoms with E-state index in [9.17, 15) is 4.79 Å². The number of rotatable bonds is 0. The molecular formula is C6H9NO3. The standard InChI is InChI=1S/C6H9NO3/c8-6-3-10-5-2-9-1-4(5)7-6/h4-5H,1-3H2,(H,7,8)/t4-,5-/m0/s1. The van der Waals surface area contributed by atoms with Crippen LogP contribution in [0.3, 0.4) is 0 Å². The lowest BCUT2D eigenvalue weighted by molar-refractivity contribution is -0.134. The van der Waals surface area contributed by atoms with Crippen molar-refractivity contribution in [1.82, 2.24) is 5.32 Å². The second-order valence-corrected chi connectivity index (χ2v) is 2.56. The summed E-state index contributed by atoms with van der Waals surface area (Å²) in [5, 5.41) is 2.79. The summed E-state index contributed by atoms with van der Waals surface area (Å²) >= 11 is 0. The molecule has 2 aliphatic rings. The number of hydrogen-bond acceptors (Lipinski definition) is 3. The van der Waals surface area contributed by atoms with E-state index in [-0.39, 0.29) is 24.7 Å². The Hall–Kier alpha value is -0.610. The molecule has 10 heavy (non-hydrogen) atoms. The number of carbonyl (C=O) groups is 1. The van der Waals surface area contributed by atoms with Gasteiger partial charge in [-0.25, -0.2) is 0 Å². The van der Waals surface area contributed by atoms with Gasteiger partial charge in [-0.3, -0.25) is 4.79 Å². The van der Waals surface area contributed by atoms with Crippen LogP contribution in [0.4, 0.5) is 0 Å². The first-order valence-electron chi connectivity index (χ1n) is 3.35. The Morgan fingerprint density at radius 2 is 2.40 bits per heavy atom. The SMILES string of the molecule is O=C1CO[C@H]2COC[C@@H]2N1. The van der Waals surface area contributed by atoms with Gasteiger partial charge in [-0.15, -0.1) is 0 Å². The van der Waals surface area contributed by atoms with E-state index in [1.165, 1.54) is 0 Å². The average Bonchev–Trinajstić information content (AvgIpc) is 2.33. The van der Waals surface area contributed by atoms with E-state index < -0.39 is 0 Å². The van der Waals surface area contributed by atoms with Crippen molar-refractivity contribution in [3.05, 3.63) is 0 Å². The number of nitrogens with one attached hydrogen (secondary N) is 1. The fourth-order valence-corrected chi connectivity index (χ4v) is 1.26. The van der Waals surface area contributed by atoms with Crippen LogP contribution in [-0.2, 0) is 14.3 Å². The highest BCUT2D eigenvalue weighted by atomic mass is 16.6. The lowest BCUT2D eigenvalue weighted by Crippen LogP contribution is -2.50. The molecule has 0 radical (unpaired) electrons. The molecule has 2 heterocycles. The van der Waals surface area contributed by atoms with E-state index >= 15 is 0 Å². The molecule has 4 nitrogen and oxygen atoms in total. The Morgan fingerprint density at radius 3 is 3.30 bits per heavy atom. The van der Waals surface area contributed by atoms with Crippen molar-refractivity contribution in [2.45, 2.75) is 12.1 Å². The normalized spacial score (nSPS) is 39.0. The smallest absolute Gasteiger partial charge is 0.246 e. The van der Waals surface area contributed by atoms with Gasteiger partial charge in [0.1, 0.15) is 12.7 Å². The zero-order chi connectivity index (χ0) is 6.97. The zero-order valence-corrected chi connectivity index (χ0v) is 5.50. The van der Waals surface area contributed by atoms with Crippen molar-refractivity contribution in [2.75, 3.05) is 19.8 Å². The third kappa shape index (κ3) is 0.892. The summed E-state index contributed by atoms with van der Waals surface area (Å²) in [7, 11) is 0. The van der Waals surface area contributed by atoms with Gasteiger partial charge in [0.05, 0.1) is 19.3 Å². The molecule has 0 saturated carbocycles. The maximum atomic E-state index is 10.7. The largest absolute Gasteiger partial charge is 0.376 e. The molecular weight excluding hydrogens is 134 g/mol. The predicted octanol–water partition coefficient (Wildman–Crippen LogP) is -1.10. The Bertz CT molecular complexity index is 159. The van der Waals surface area contributed by atoms with Gasteiger partial charge >= 0.3 is 0 Å². The summed E-state index contributed by atoms with van der Waals surface area (Å²) in [5.41, 5.74) is 0. The van der Waals surface area contributed by atoms with E-state index in [4.69, 9.17) is 9.47 Å². The van der Waals surface area contributed by atoms with Gasteiger partial charge in [0.25, 0.3) is 0 Å². The zero-order valence-electron chi connectivity index (χ0n) is 5.50. The fraction of sp³-hybridized carbons (Fsp3) is 0.833. The first-order valence-corrected chi connectivity index (χ1v) is 3.35. The lowest BCUT2D eigenvalue weighted by Gasteiger charge is -2.24. The second-order valence-electron chi connectivity index (χ2n) is 2.56. The number of ether oxygens (including phenoxy) is 2. The van der Waals surface area contributed by atoms with Crippen LogP contribution in [0.25, 0.3) is 0 Å². The molecule has 0 aromatic heterocycles. The minimum atomic E-state index is -0.0354. The molecule has 0 unspecified atom stereocenters. The van der Waals surface area contributed by atoms with E-state index in [1.807, 2.05) is 0 Å². The van der Waals surface area contributed by atoms with Gasteiger partial charge in [-0.2, -0.15) is 0 Å². The Labute approximate surface area is 58.5 Å². The van der Waals surface area contributed by atoms with Gasteiger partial charge in [0, 0.05) is 0 Å². The molecule has 2 atom stereocenters. The minimum absolute atomic E-state index is 0.0354. The van der Waals surface area contributed by atoms with Gasteiger partial charge in [-0.05, 0) is 0 Å². The van der Waals surface area contributed by atoms with E-state index in [0.29, 0.717) is 13.2 Å². The maximum absolute atomic E-state index is 10.7. The van der Waals surface area contributed by atoms with Crippen molar-refractivity contribution in [1.29, 1.82) is 0 Å². The molecule has 2 aliphatic heterocycles. The van der Waals surface area contributed by atoms with Crippen molar-refractivity contribution in [3.8, 4) is 0 Å². The summed E-state index contributed by atoms with van der Waals surface area (Å²) in [4.78, 5) is 10.7. The van der Waals surface area contributed by atoms with Crippen LogP contribution in [0.1, 0.15) is 0 Å². The first kappa shape index (κ1) is 6.12. The fourth-order valence-electron chi connectivity index (χ4n) is 1.26. The molecule has 0 spiro atoms. The summed E-state index contributed by atoms with van der Waals surface area (Å²) < 4.78 is 10.3. The number of amides is 1. The van der Waals surface area contributed by atoms with Crippen molar-refractivity contribution < 1.29 is 14.3 Å². The van der Waals surface area contributed by atoms with Gasteiger partial charge in [0.2, 0.25) is 5.91 Å². The number of morpholine rings is 1. The lowest BCUT2D eigenvalue weighted by atomic mass is 10.2. The molecule has 0 aromatic rings. The second kappa shape index (κ2) is 2.21.